The number of methoxy groups -OCH3 is 1. The van der Waals surface area contributed by atoms with Gasteiger partial charge in [0.2, 0.25) is 0 Å². The van der Waals surface area contributed by atoms with Crippen molar-refractivity contribution < 1.29 is 9.84 Å². The number of nitrogens with zero attached hydrogens (tertiary/aromatic N) is 1. The molecule has 0 saturated heterocycles. The van der Waals surface area contributed by atoms with Crippen LogP contribution in [0.15, 0.2) is 41.3 Å². The second-order valence-corrected chi connectivity index (χ2v) is 4.03. The van der Waals surface area contributed by atoms with Gasteiger partial charge in [-0.2, -0.15) is 0 Å². The molecule has 1 aromatic heterocycles. The third-order valence-electron chi connectivity index (χ3n) is 2.84. The molecule has 2 rings (SSSR count). The molecule has 1 heterocycles. The number of aliphatic hydroxyl groups excluding tert-OH is 1. The van der Waals surface area contributed by atoms with Crippen LogP contribution in [0.2, 0.25) is 0 Å². The summed E-state index contributed by atoms with van der Waals surface area (Å²) < 4.78 is 6.97. The monoisotopic (exact) mass is 245 g/mol. The lowest BCUT2D eigenvalue weighted by molar-refractivity contribution is 0.280. The Kier molecular flexibility index (Phi) is 3.48. The summed E-state index contributed by atoms with van der Waals surface area (Å²) in [6, 6.07) is 9.03. The molecule has 94 valence electrons. The third-order valence-corrected chi connectivity index (χ3v) is 2.84. The highest BCUT2D eigenvalue weighted by molar-refractivity contribution is 5.39. The molecule has 0 amide bonds. The van der Waals surface area contributed by atoms with Gasteiger partial charge in [-0.05, 0) is 31.2 Å². The van der Waals surface area contributed by atoms with Gasteiger partial charge in [0.25, 0.3) is 0 Å². The normalized spacial score (nSPS) is 10.4. The number of pyridine rings is 1. The van der Waals surface area contributed by atoms with E-state index in [1.165, 1.54) is 6.07 Å². The van der Waals surface area contributed by atoms with Crippen molar-refractivity contribution in [3.8, 4) is 11.4 Å². The van der Waals surface area contributed by atoms with E-state index >= 15 is 0 Å². The van der Waals surface area contributed by atoms with Gasteiger partial charge < -0.3 is 14.4 Å². The van der Waals surface area contributed by atoms with E-state index in [9.17, 15) is 4.79 Å². The van der Waals surface area contributed by atoms with Crippen molar-refractivity contribution in [1.29, 1.82) is 0 Å². The highest BCUT2D eigenvalue weighted by atomic mass is 16.5. The molecule has 1 aromatic carbocycles. The Bertz CT molecular complexity index is 599. The quantitative estimate of drug-likeness (QED) is 0.894. The fraction of sp³-hybridized carbons (Fsp3) is 0.214. The van der Waals surface area contributed by atoms with Gasteiger partial charge >= 0.3 is 0 Å². The molecule has 0 saturated carbocycles. The molecule has 0 radical (unpaired) electrons. The van der Waals surface area contributed by atoms with E-state index in [2.05, 4.69) is 0 Å². The van der Waals surface area contributed by atoms with Gasteiger partial charge in [-0.15, -0.1) is 0 Å². The van der Waals surface area contributed by atoms with Crippen molar-refractivity contribution in [2.75, 3.05) is 7.11 Å². The van der Waals surface area contributed by atoms with Crippen molar-refractivity contribution in [3.63, 3.8) is 0 Å². The second-order valence-electron chi connectivity index (χ2n) is 4.03. The molecule has 4 heteroatoms. The van der Waals surface area contributed by atoms with Gasteiger partial charge in [-0.25, -0.2) is 0 Å². The van der Waals surface area contributed by atoms with E-state index in [0.29, 0.717) is 5.56 Å². The number of ether oxygens (including phenoxy) is 1. The zero-order chi connectivity index (χ0) is 13.1. The predicted octanol–water partition coefficient (Wildman–Crippen LogP) is 1.65. The first-order chi connectivity index (χ1) is 8.65. The molecule has 0 aliphatic rings. The van der Waals surface area contributed by atoms with E-state index in [1.807, 2.05) is 35.8 Å². The van der Waals surface area contributed by atoms with Crippen LogP contribution in [0.5, 0.6) is 5.75 Å². The molecule has 0 unspecified atom stereocenters. The first kappa shape index (κ1) is 12.4. The molecule has 0 aliphatic carbocycles. The summed E-state index contributed by atoms with van der Waals surface area (Å²) in [5.74, 6) is 0.778. The number of aliphatic hydroxyl groups is 1. The van der Waals surface area contributed by atoms with Crippen LogP contribution in [0.4, 0.5) is 0 Å². The molecule has 0 atom stereocenters. The van der Waals surface area contributed by atoms with Gasteiger partial charge in [0, 0.05) is 29.2 Å². The first-order valence-electron chi connectivity index (χ1n) is 5.63. The minimum atomic E-state index is -0.255. The predicted molar refractivity (Wildman–Crippen MR) is 69.3 cm³/mol. The summed E-state index contributed by atoms with van der Waals surface area (Å²) >= 11 is 0. The summed E-state index contributed by atoms with van der Waals surface area (Å²) in [7, 11) is 1.61. The van der Waals surface area contributed by atoms with Crippen molar-refractivity contribution >= 4 is 0 Å². The molecule has 0 aliphatic heterocycles. The fourth-order valence-electron chi connectivity index (χ4n) is 1.81. The van der Waals surface area contributed by atoms with Crippen LogP contribution in [-0.2, 0) is 6.61 Å². The molecule has 18 heavy (non-hydrogen) atoms. The maximum absolute atomic E-state index is 11.6. The maximum atomic E-state index is 11.6. The Hall–Kier alpha value is -2.07. The topological polar surface area (TPSA) is 51.5 Å². The van der Waals surface area contributed by atoms with Crippen LogP contribution in [0, 0.1) is 6.92 Å². The van der Waals surface area contributed by atoms with E-state index in [1.54, 1.807) is 13.3 Å². The van der Waals surface area contributed by atoms with Crippen LogP contribution in [-0.4, -0.2) is 16.8 Å². The second kappa shape index (κ2) is 5.06. The SMILES string of the molecule is COc1ccc(-n2cc(CO)c(=O)cc2C)cc1. The number of aromatic nitrogens is 1. The zero-order valence-electron chi connectivity index (χ0n) is 10.4. The first-order valence-corrected chi connectivity index (χ1v) is 5.63. The van der Waals surface area contributed by atoms with Crippen LogP contribution in [0.1, 0.15) is 11.3 Å². The number of hydrogen-bond acceptors (Lipinski definition) is 3. The van der Waals surface area contributed by atoms with Gasteiger partial charge in [0.05, 0.1) is 13.7 Å². The average molecular weight is 245 g/mol. The van der Waals surface area contributed by atoms with Crippen LogP contribution in [0.25, 0.3) is 5.69 Å². The van der Waals surface area contributed by atoms with Crippen molar-refractivity contribution in [1.82, 2.24) is 4.57 Å². The summed E-state index contributed by atoms with van der Waals surface area (Å²) in [6.07, 6.45) is 1.67. The molecule has 0 spiro atoms. The highest BCUT2D eigenvalue weighted by Gasteiger charge is 2.04. The van der Waals surface area contributed by atoms with E-state index < -0.39 is 0 Å². The average Bonchev–Trinajstić information content (AvgIpc) is 2.39. The van der Waals surface area contributed by atoms with E-state index in [4.69, 9.17) is 9.84 Å². The molecule has 1 N–H and O–H groups in total. The molecular formula is C14H15NO3. The largest absolute Gasteiger partial charge is 0.497 e. The summed E-state index contributed by atoms with van der Waals surface area (Å²) in [5.41, 5.74) is 1.99. The lowest BCUT2D eigenvalue weighted by Crippen LogP contribution is -2.13. The lowest BCUT2D eigenvalue weighted by Gasteiger charge is -2.12. The summed E-state index contributed by atoms with van der Waals surface area (Å²) in [4.78, 5) is 11.6. The smallest absolute Gasteiger partial charge is 0.187 e. The van der Waals surface area contributed by atoms with Crippen LogP contribution in [0.3, 0.4) is 0 Å². The van der Waals surface area contributed by atoms with Crippen LogP contribution >= 0.6 is 0 Å². The molecule has 4 nitrogen and oxygen atoms in total. The summed E-state index contributed by atoms with van der Waals surface area (Å²) in [6.45, 7) is 1.60. The number of aryl methyl sites for hydroxylation is 1. The van der Waals surface area contributed by atoms with Gasteiger partial charge in [0.1, 0.15) is 5.75 Å². The van der Waals surface area contributed by atoms with Crippen molar-refractivity contribution in [2.45, 2.75) is 13.5 Å². The number of rotatable bonds is 3. The molecule has 2 aromatic rings. The Morgan fingerprint density at radius 3 is 2.50 bits per heavy atom. The number of hydrogen-bond donors (Lipinski definition) is 1. The van der Waals surface area contributed by atoms with E-state index in [-0.39, 0.29) is 12.0 Å². The molecular weight excluding hydrogens is 230 g/mol. The maximum Gasteiger partial charge on any atom is 0.187 e. The lowest BCUT2D eigenvalue weighted by atomic mass is 10.2. The van der Waals surface area contributed by atoms with Gasteiger partial charge in [-0.3, -0.25) is 4.79 Å². The van der Waals surface area contributed by atoms with Gasteiger partial charge in [-0.1, -0.05) is 0 Å². The Morgan fingerprint density at radius 1 is 1.28 bits per heavy atom. The standard InChI is InChI=1S/C14H15NO3/c1-10-7-14(17)11(9-16)8-15(10)12-3-5-13(18-2)6-4-12/h3-8,16H,9H2,1-2H3. The van der Waals surface area contributed by atoms with Gasteiger partial charge in [0.15, 0.2) is 5.43 Å². The minimum absolute atomic E-state index is 0.139. The van der Waals surface area contributed by atoms with Crippen LogP contribution < -0.4 is 10.2 Å². The third kappa shape index (κ3) is 2.28. The van der Waals surface area contributed by atoms with Crippen molar-refractivity contribution in [2.24, 2.45) is 0 Å². The Morgan fingerprint density at radius 2 is 1.94 bits per heavy atom. The number of benzene rings is 1. The zero-order valence-corrected chi connectivity index (χ0v) is 10.4. The Balaban J connectivity index is 2.52. The molecule has 0 fully saturated rings. The van der Waals surface area contributed by atoms with E-state index in [0.717, 1.165) is 17.1 Å². The Labute approximate surface area is 105 Å². The highest BCUT2D eigenvalue weighted by Crippen LogP contribution is 2.16. The van der Waals surface area contributed by atoms with Crippen molar-refractivity contribution in [3.05, 3.63) is 58.0 Å². The minimum Gasteiger partial charge on any atom is -0.497 e. The fourth-order valence-corrected chi connectivity index (χ4v) is 1.81. The summed E-state index contributed by atoms with van der Waals surface area (Å²) in [5, 5.41) is 9.13. The molecule has 0 bridgehead atoms.